The lowest BCUT2D eigenvalue weighted by molar-refractivity contribution is -0.0698. The predicted molar refractivity (Wildman–Crippen MR) is 95.7 cm³/mol. The van der Waals surface area contributed by atoms with Crippen LogP contribution in [0.3, 0.4) is 0 Å². The molecule has 7 nitrogen and oxygen atoms in total. The normalized spacial score (nSPS) is 21.7. The number of rotatable bonds is 4. The molecule has 0 saturated carbocycles. The number of hydrogen-bond donors (Lipinski definition) is 0. The fourth-order valence-corrected chi connectivity index (χ4v) is 3.97. The van der Waals surface area contributed by atoms with Crippen molar-refractivity contribution in [3.05, 3.63) is 48.4 Å². The zero-order chi connectivity index (χ0) is 18.9. The number of hydrogen-bond acceptors (Lipinski definition) is 6. The predicted octanol–water partition coefficient (Wildman–Crippen LogP) is 1.63. The first-order valence-corrected chi connectivity index (χ1v) is 9.07. The van der Waals surface area contributed by atoms with Crippen LogP contribution in [0.15, 0.2) is 36.9 Å². The number of aromatic nitrogens is 3. The van der Waals surface area contributed by atoms with Crippen molar-refractivity contribution < 1.29 is 13.9 Å². The summed E-state index contributed by atoms with van der Waals surface area (Å²) >= 11 is 0. The molecule has 0 N–H and O–H groups in total. The van der Waals surface area contributed by atoms with E-state index in [1.807, 2.05) is 4.90 Å². The summed E-state index contributed by atoms with van der Waals surface area (Å²) in [5, 5.41) is 0. The van der Waals surface area contributed by atoms with Crippen molar-refractivity contribution >= 4 is 5.91 Å². The molecule has 1 atom stereocenters. The Bertz CT molecular complexity index is 813. The second-order valence-corrected chi connectivity index (χ2v) is 7.36. The molecular formula is C19H22FN5O2. The second-order valence-electron chi connectivity index (χ2n) is 7.36. The van der Waals surface area contributed by atoms with Gasteiger partial charge in [-0.2, -0.15) is 0 Å². The van der Waals surface area contributed by atoms with Gasteiger partial charge in [0.2, 0.25) is 5.88 Å². The standard InChI is InChI=1S/C19H22FN5O2/c1-24-8-4-14(11-27-17-15(20)3-2-5-23-17)9-19(24)12-25(13-19)18(26)16-10-21-6-7-22-16/h2-3,5-7,10,14H,4,8-9,11-13H2,1H3/t14-/m1/s1. The molecule has 27 heavy (non-hydrogen) atoms. The molecule has 2 aromatic heterocycles. The molecule has 1 amide bonds. The maximum atomic E-state index is 13.7. The molecule has 2 aromatic rings. The van der Waals surface area contributed by atoms with Gasteiger partial charge in [-0.05, 0) is 44.5 Å². The van der Waals surface area contributed by atoms with E-state index in [9.17, 15) is 9.18 Å². The van der Waals surface area contributed by atoms with Gasteiger partial charge in [0.15, 0.2) is 5.82 Å². The molecule has 2 saturated heterocycles. The number of halogens is 1. The minimum Gasteiger partial charge on any atom is -0.475 e. The highest BCUT2D eigenvalue weighted by Crippen LogP contribution is 2.38. The van der Waals surface area contributed by atoms with E-state index in [2.05, 4.69) is 26.9 Å². The Labute approximate surface area is 157 Å². The van der Waals surface area contributed by atoms with Crippen LogP contribution in [-0.2, 0) is 0 Å². The van der Waals surface area contributed by atoms with Crippen LogP contribution in [0.1, 0.15) is 23.3 Å². The van der Waals surface area contributed by atoms with Crippen molar-refractivity contribution in [1.82, 2.24) is 24.8 Å². The first-order valence-electron chi connectivity index (χ1n) is 9.07. The van der Waals surface area contributed by atoms with Crippen LogP contribution in [0.5, 0.6) is 5.88 Å². The Morgan fingerprint density at radius 3 is 2.93 bits per heavy atom. The minimum atomic E-state index is -0.440. The molecule has 0 unspecified atom stereocenters. The van der Waals surface area contributed by atoms with Crippen LogP contribution in [0.4, 0.5) is 4.39 Å². The summed E-state index contributed by atoms with van der Waals surface area (Å²) in [5.74, 6) is -0.171. The smallest absolute Gasteiger partial charge is 0.274 e. The lowest BCUT2D eigenvalue weighted by atomic mass is 9.75. The highest BCUT2D eigenvalue weighted by molar-refractivity contribution is 5.92. The fourth-order valence-electron chi connectivity index (χ4n) is 3.97. The van der Waals surface area contributed by atoms with Gasteiger partial charge in [-0.25, -0.2) is 14.4 Å². The summed E-state index contributed by atoms with van der Waals surface area (Å²) in [6, 6.07) is 2.89. The van der Waals surface area contributed by atoms with Gasteiger partial charge in [-0.15, -0.1) is 0 Å². The van der Waals surface area contributed by atoms with E-state index >= 15 is 0 Å². The van der Waals surface area contributed by atoms with Crippen LogP contribution in [0.25, 0.3) is 0 Å². The third-order valence-electron chi connectivity index (χ3n) is 5.57. The molecule has 0 aromatic carbocycles. The number of piperidine rings is 1. The van der Waals surface area contributed by atoms with E-state index in [1.54, 1.807) is 12.3 Å². The number of nitrogens with zero attached hydrogens (tertiary/aromatic N) is 5. The molecule has 142 valence electrons. The molecule has 2 aliphatic rings. The molecule has 1 spiro atoms. The Balaban J connectivity index is 1.36. The summed E-state index contributed by atoms with van der Waals surface area (Å²) in [4.78, 5) is 28.7. The molecule has 2 aliphatic heterocycles. The molecule has 4 rings (SSSR count). The topological polar surface area (TPSA) is 71.5 Å². The average Bonchev–Trinajstić information content (AvgIpc) is 2.67. The highest BCUT2D eigenvalue weighted by atomic mass is 19.1. The van der Waals surface area contributed by atoms with Gasteiger partial charge in [0.05, 0.1) is 18.3 Å². The molecule has 8 heteroatoms. The van der Waals surface area contributed by atoms with Crippen molar-refractivity contribution in [3.63, 3.8) is 0 Å². The summed E-state index contributed by atoms with van der Waals surface area (Å²) in [5.41, 5.74) is 0.323. The number of ether oxygens (including phenoxy) is 1. The Morgan fingerprint density at radius 1 is 1.33 bits per heavy atom. The maximum Gasteiger partial charge on any atom is 0.274 e. The van der Waals surface area contributed by atoms with E-state index < -0.39 is 5.82 Å². The van der Waals surface area contributed by atoms with Gasteiger partial charge < -0.3 is 9.64 Å². The van der Waals surface area contributed by atoms with Gasteiger partial charge >= 0.3 is 0 Å². The lowest BCUT2D eigenvalue weighted by Crippen LogP contribution is -2.72. The van der Waals surface area contributed by atoms with Crippen LogP contribution in [0, 0.1) is 11.7 Å². The van der Waals surface area contributed by atoms with Crippen LogP contribution in [0.2, 0.25) is 0 Å². The van der Waals surface area contributed by atoms with Crippen molar-refractivity contribution in [2.45, 2.75) is 18.4 Å². The van der Waals surface area contributed by atoms with Gasteiger partial charge in [0.25, 0.3) is 5.91 Å². The second kappa shape index (κ2) is 7.19. The van der Waals surface area contributed by atoms with Crippen molar-refractivity contribution in [1.29, 1.82) is 0 Å². The molecule has 2 fully saturated rings. The Hall–Kier alpha value is -2.61. The highest BCUT2D eigenvalue weighted by Gasteiger charge is 2.51. The number of carbonyl (C=O) groups is 1. The minimum absolute atomic E-state index is 0.0488. The van der Waals surface area contributed by atoms with Crippen LogP contribution < -0.4 is 4.74 Å². The van der Waals surface area contributed by atoms with E-state index in [-0.39, 0.29) is 17.3 Å². The summed E-state index contributed by atoms with van der Waals surface area (Å²) in [7, 11) is 2.10. The number of amides is 1. The summed E-state index contributed by atoms with van der Waals surface area (Å²) in [6.07, 6.45) is 7.98. The molecular weight excluding hydrogens is 349 g/mol. The Morgan fingerprint density at radius 2 is 2.19 bits per heavy atom. The monoisotopic (exact) mass is 371 g/mol. The van der Waals surface area contributed by atoms with E-state index in [0.29, 0.717) is 31.3 Å². The maximum absolute atomic E-state index is 13.7. The van der Waals surface area contributed by atoms with Gasteiger partial charge in [-0.1, -0.05) is 0 Å². The molecule has 4 heterocycles. The van der Waals surface area contributed by atoms with Gasteiger partial charge in [0, 0.05) is 31.7 Å². The zero-order valence-electron chi connectivity index (χ0n) is 15.2. The van der Waals surface area contributed by atoms with Crippen molar-refractivity contribution in [3.8, 4) is 5.88 Å². The summed E-state index contributed by atoms with van der Waals surface area (Å²) < 4.78 is 19.3. The average molecular weight is 371 g/mol. The van der Waals surface area contributed by atoms with Crippen molar-refractivity contribution in [2.24, 2.45) is 5.92 Å². The van der Waals surface area contributed by atoms with E-state index in [1.165, 1.54) is 24.7 Å². The van der Waals surface area contributed by atoms with Gasteiger partial charge in [-0.3, -0.25) is 14.7 Å². The molecule has 0 radical (unpaired) electrons. The largest absolute Gasteiger partial charge is 0.475 e. The van der Waals surface area contributed by atoms with E-state index in [4.69, 9.17) is 4.74 Å². The third kappa shape index (κ3) is 3.49. The van der Waals surface area contributed by atoms with E-state index in [0.717, 1.165) is 19.4 Å². The number of pyridine rings is 1. The first-order chi connectivity index (χ1) is 13.1. The molecule has 0 aliphatic carbocycles. The number of likely N-dealkylation sites (N-methyl/N-ethyl adjacent to an activating group) is 1. The van der Waals surface area contributed by atoms with Gasteiger partial charge in [0.1, 0.15) is 5.69 Å². The summed E-state index contributed by atoms with van der Waals surface area (Å²) in [6.45, 7) is 2.67. The third-order valence-corrected chi connectivity index (χ3v) is 5.57. The lowest BCUT2D eigenvalue weighted by Gasteiger charge is -2.58. The quantitative estimate of drug-likeness (QED) is 0.814. The first kappa shape index (κ1) is 17.8. The SMILES string of the molecule is CN1CC[C@@H](COc2ncccc2F)CC12CN(C(=O)c1cnccn1)C2. The van der Waals surface area contributed by atoms with Crippen molar-refractivity contribution in [2.75, 3.05) is 33.3 Å². The van der Waals surface area contributed by atoms with Crippen LogP contribution in [-0.4, -0.2) is 69.5 Å². The number of carbonyl (C=O) groups excluding carboxylic acids is 1. The van der Waals surface area contributed by atoms with Crippen LogP contribution >= 0.6 is 0 Å². The fraction of sp³-hybridized carbons (Fsp3) is 0.474. The Kier molecular flexibility index (Phi) is 4.73. The zero-order valence-corrected chi connectivity index (χ0v) is 15.2. The molecule has 0 bridgehead atoms. The number of likely N-dealkylation sites (tertiary alicyclic amines) is 2.